The van der Waals surface area contributed by atoms with E-state index in [1.807, 2.05) is 24.3 Å². The highest BCUT2D eigenvalue weighted by Gasteiger charge is 2.25. The van der Waals surface area contributed by atoms with E-state index in [4.69, 9.17) is 4.74 Å². The highest BCUT2D eigenvalue weighted by atomic mass is 16.5. The molecule has 0 bridgehead atoms. The molecule has 2 aliphatic rings. The van der Waals surface area contributed by atoms with Crippen LogP contribution in [-0.2, 0) is 20.7 Å². The summed E-state index contributed by atoms with van der Waals surface area (Å²) in [6.07, 6.45) is 12.6. The number of Topliss-reactive ketones (excluding diaryl/α,β-unsaturated/α-hetero) is 2. The molecular formula is C29H41NO5. The van der Waals surface area contributed by atoms with Gasteiger partial charge in [-0.2, -0.15) is 0 Å². The van der Waals surface area contributed by atoms with Gasteiger partial charge in [0.05, 0.1) is 7.11 Å². The lowest BCUT2D eigenvalue weighted by molar-refractivity contribution is -0.124. The van der Waals surface area contributed by atoms with Gasteiger partial charge in [-0.05, 0) is 93.8 Å². The number of methoxy groups -OCH3 is 1. The minimum Gasteiger partial charge on any atom is -0.504 e. The number of ether oxygens (including phenoxy) is 1. The Morgan fingerprint density at radius 1 is 1.14 bits per heavy atom. The molecule has 0 spiro atoms. The van der Waals surface area contributed by atoms with E-state index in [9.17, 15) is 19.8 Å². The summed E-state index contributed by atoms with van der Waals surface area (Å²) in [5.74, 6) is 1.18. The number of nitrogens with zero attached hydrogens (tertiary/aromatic N) is 1. The summed E-state index contributed by atoms with van der Waals surface area (Å²) < 4.78 is 5.18. The topological polar surface area (TPSA) is 87.1 Å². The van der Waals surface area contributed by atoms with Crippen LogP contribution in [0.3, 0.4) is 0 Å². The molecule has 1 fully saturated rings. The van der Waals surface area contributed by atoms with Crippen molar-refractivity contribution in [2.45, 2.75) is 64.7 Å². The van der Waals surface area contributed by atoms with Gasteiger partial charge in [0, 0.05) is 31.2 Å². The van der Waals surface area contributed by atoms with Crippen molar-refractivity contribution in [2.24, 2.45) is 17.8 Å². The van der Waals surface area contributed by atoms with Gasteiger partial charge in [-0.1, -0.05) is 19.1 Å². The fourth-order valence-electron chi connectivity index (χ4n) is 5.33. The van der Waals surface area contributed by atoms with Gasteiger partial charge in [0.25, 0.3) is 0 Å². The summed E-state index contributed by atoms with van der Waals surface area (Å²) in [7, 11) is 1.62. The molecule has 1 aromatic carbocycles. The number of allylic oxidation sites excluding steroid dienone is 3. The number of hydrogen-bond acceptors (Lipinski definition) is 6. The minimum atomic E-state index is -0.113. The molecule has 192 valence electrons. The average molecular weight is 484 g/mol. The summed E-state index contributed by atoms with van der Waals surface area (Å²) >= 11 is 0. The average Bonchev–Trinajstić information content (AvgIpc) is 3.37. The van der Waals surface area contributed by atoms with E-state index in [-0.39, 0.29) is 34.9 Å². The maximum atomic E-state index is 13.1. The molecule has 1 aliphatic carbocycles. The number of phenols is 2. The van der Waals surface area contributed by atoms with Gasteiger partial charge in [-0.25, -0.2) is 0 Å². The fourth-order valence-corrected chi connectivity index (χ4v) is 5.33. The molecule has 3 unspecified atom stereocenters. The van der Waals surface area contributed by atoms with E-state index in [1.54, 1.807) is 13.2 Å². The number of benzene rings is 1. The summed E-state index contributed by atoms with van der Waals surface area (Å²) in [6.45, 7) is 5.20. The first-order valence-electron chi connectivity index (χ1n) is 13.1. The quantitative estimate of drug-likeness (QED) is 0.355. The first kappa shape index (κ1) is 27.0. The Morgan fingerprint density at radius 3 is 2.54 bits per heavy atom. The van der Waals surface area contributed by atoms with Gasteiger partial charge in [-0.15, -0.1) is 0 Å². The van der Waals surface area contributed by atoms with Gasteiger partial charge < -0.3 is 19.8 Å². The van der Waals surface area contributed by atoms with Crippen molar-refractivity contribution in [3.8, 4) is 11.5 Å². The molecular weight excluding hydrogens is 442 g/mol. The maximum Gasteiger partial charge on any atom is 0.157 e. The Balaban J connectivity index is 1.53. The normalized spacial score (nSPS) is 19.8. The zero-order valence-corrected chi connectivity index (χ0v) is 21.2. The summed E-state index contributed by atoms with van der Waals surface area (Å²) in [4.78, 5) is 28.1. The van der Waals surface area contributed by atoms with Crippen molar-refractivity contribution in [1.82, 2.24) is 4.90 Å². The van der Waals surface area contributed by atoms with Gasteiger partial charge in [0.1, 0.15) is 17.3 Å². The summed E-state index contributed by atoms with van der Waals surface area (Å²) in [5.41, 5.74) is 0.976. The molecule has 0 aromatic heterocycles. The van der Waals surface area contributed by atoms with Crippen LogP contribution in [0.4, 0.5) is 0 Å². The van der Waals surface area contributed by atoms with Crippen LogP contribution in [0.25, 0.3) is 0 Å². The highest BCUT2D eigenvalue weighted by Crippen LogP contribution is 2.29. The van der Waals surface area contributed by atoms with Crippen molar-refractivity contribution in [2.75, 3.05) is 26.7 Å². The van der Waals surface area contributed by atoms with Gasteiger partial charge in [0.2, 0.25) is 0 Å². The number of carbonyl (C=O) groups is 2. The molecule has 0 saturated carbocycles. The zero-order chi connectivity index (χ0) is 25.2. The van der Waals surface area contributed by atoms with Crippen molar-refractivity contribution in [3.05, 3.63) is 47.7 Å². The number of hydrogen-bond donors (Lipinski definition) is 2. The highest BCUT2D eigenvalue weighted by molar-refractivity contribution is 5.85. The number of likely N-dealkylation sites (tertiary alicyclic amines) is 1. The van der Waals surface area contributed by atoms with Crippen LogP contribution >= 0.6 is 0 Å². The van der Waals surface area contributed by atoms with Crippen molar-refractivity contribution >= 4 is 11.6 Å². The molecule has 2 N–H and O–H groups in total. The smallest absolute Gasteiger partial charge is 0.157 e. The van der Waals surface area contributed by atoms with Gasteiger partial charge in [0.15, 0.2) is 11.5 Å². The van der Waals surface area contributed by atoms with Crippen molar-refractivity contribution in [3.63, 3.8) is 0 Å². The van der Waals surface area contributed by atoms with E-state index in [0.29, 0.717) is 31.6 Å². The largest absolute Gasteiger partial charge is 0.504 e. The molecule has 6 heteroatoms. The van der Waals surface area contributed by atoms with E-state index in [0.717, 1.165) is 50.2 Å². The van der Waals surface area contributed by atoms with Gasteiger partial charge in [-0.3, -0.25) is 9.59 Å². The van der Waals surface area contributed by atoms with Crippen LogP contribution in [0.1, 0.15) is 63.9 Å². The molecule has 1 aromatic rings. The molecule has 1 heterocycles. The Labute approximate surface area is 209 Å². The monoisotopic (exact) mass is 483 g/mol. The molecule has 3 rings (SSSR count). The molecule has 1 saturated heterocycles. The van der Waals surface area contributed by atoms with E-state index < -0.39 is 0 Å². The molecule has 6 nitrogen and oxygen atoms in total. The third-order valence-electron chi connectivity index (χ3n) is 7.41. The standard InChI is InChI=1S/C29H41NO5/c1-3-23(26(31)7-6-8-27(32)24-10-12-25(35-2)13-11-24)18-22(20-30-15-4-5-16-30)17-21-9-14-28(33)29(34)19-21/h9-10,12-14,19,22-24,33-34H,3-8,11,15-18,20H2,1-2H3. The molecule has 0 amide bonds. The van der Waals surface area contributed by atoms with Crippen LogP contribution in [0.15, 0.2) is 42.2 Å². The molecule has 0 radical (unpaired) electrons. The summed E-state index contributed by atoms with van der Waals surface area (Å²) in [6, 6.07) is 5.01. The van der Waals surface area contributed by atoms with Gasteiger partial charge >= 0.3 is 0 Å². The zero-order valence-electron chi connectivity index (χ0n) is 21.2. The lowest BCUT2D eigenvalue weighted by Gasteiger charge is -2.27. The third kappa shape index (κ3) is 8.24. The van der Waals surface area contributed by atoms with Crippen LogP contribution < -0.4 is 0 Å². The Bertz CT molecular complexity index is 916. The second kappa shape index (κ2) is 13.5. The SMILES string of the molecule is CCC(CC(Cc1ccc(O)c(O)c1)CN1CCCC1)C(=O)CCCC(=O)C1C=CC(OC)=CC1. The lowest BCUT2D eigenvalue weighted by Crippen LogP contribution is -2.30. The number of carbonyl (C=O) groups excluding carboxylic acids is 2. The van der Waals surface area contributed by atoms with Crippen LogP contribution in [0.2, 0.25) is 0 Å². The molecule has 3 atom stereocenters. The first-order valence-corrected chi connectivity index (χ1v) is 13.1. The molecule has 35 heavy (non-hydrogen) atoms. The second-order valence-corrected chi connectivity index (χ2v) is 10.0. The predicted molar refractivity (Wildman–Crippen MR) is 137 cm³/mol. The third-order valence-corrected chi connectivity index (χ3v) is 7.41. The predicted octanol–water partition coefficient (Wildman–Crippen LogP) is 5.18. The lowest BCUT2D eigenvalue weighted by atomic mass is 9.83. The van der Waals surface area contributed by atoms with Crippen LogP contribution in [-0.4, -0.2) is 53.4 Å². The Hall–Kier alpha value is -2.60. The minimum absolute atomic E-state index is 0.0230. The van der Waals surface area contributed by atoms with E-state index in [2.05, 4.69) is 11.8 Å². The number of phenolic OH excluding ortho intramolecular Hbond substituents is 2. The first-order chi connectivity index (χ1) is 16.9. The number of ketones is 2. The Morgan fingerprint density at radius 2 is 1.91 bits per heavy atom. The van der Waals surface area contributed by atoms with Crippen molar-refractivity contribution in [1.29, 1.82) is 0 Å². The van der Waals surface area contributed by atoms with Crippen molar-refractivity contribution < 1.29 is 24.5 Å². The maximum absolute atomic E-state index is 13.1. The fraction of sp³-hybridized carbons (Fsp3) is 0.586. The molecule has 1 aliphatic heterocycles. The van der Waals surface area contributed by atoms with Crippen LogP contribution in [0, 0.1) is 17.8 Å². The van der Waals surface area contributed by atoms with E-state index in [1.165, 1.54) is 18.9 Å². The second-order valence-electron chi connectivity index (χ2n) is 10.0. The Kier molecular flexibility index (Phi) is 10.4. The van der Waals surface area contributed by atoms with Crippen LogP contribution in [0.5, 0.6) is 11.5 Å². The summed E-state index contributed by atoms with van der Waals surface area (Å²) in [5, 5.41) is 19.6. The van der Waals surface area contributed by atoms with E-state index >= 15 is 0 Å². The number of aromatic hydroxyl groups is 2. The number of rotatable bonds is 14.